The molecule has 158 valence electrons. The summed E-state index contributed by atoms with van der Waals surface area (Å²) >= 11 is 0. The number of alkyl halides is 4. The maximum absolute atomic E-state index is 12.3. The van der Waals surface area contributed by atoms with E-state index in [0.717, 1.165) is 32.1 Å². The third-order valence-electron chi connectivity index (χ3n) is 3.37. The maximum Gasteiger partial charge on any atom is 0.377 e. The van der Waals surface area contributed by atoms with Gasteiger partial charge in [0.15, 0.2) is 6.61 Å². The first-order valence-corrected chi connectivity index (χ1v) is 8.67. The molecule has 10 heteroatoms. The molecule has 0 spiro atoms. The van der Waals surface area contributed by atoms with Gasteiger partial charge < -0.3 is 14.2 Å². The van der Waals surface area contributed by atoms with E-state index in [0.29, 0.717) is 20.3 Å². The number of rotatable bonds is 8. The fourth-order valence-electron chi connectivity index (χ4n) is 1.91. The lowest BCUT2D eigenvalue weighted by atomic mass is 10.3. The van der Waals surface area contributed by atoms with Gasteiger partial charge in [0.2, 0.25) is 0 Å². The quantitative estimate of drug-likeness (QED) is 0.267. The molecule has 0 bridgehead atoms. The predicted octanol–water partition coefficient (Wildman–Crippen LogP) is 3.66. The molecule has 0 atom stereocenters. The highest BCUT2D eigenvalue weighted by molar-refractivity contribution is 5.80. The molecule has 27 heavy (non-hydrogen) atoms. The van der Waals surface area contributed by atoms with Crippen LogP contribution >= 0.6 is 0 Å². The van der Waals surface area contributed by atoms with Crippen molar-refractivity contribution in [1.29, 1.82) is 0 Å². The highest BCUT2D eigenvalue weighted by atomic mass is 19.3. The maximum atomic E-state index is 12.3. The second-order valence-electron chi connectivity index (χ2n) is 6.24. The van der Waals surface area contributed by atoms with Gasteiger partial charge in [-0.1, -0.05) is 13.3 Å². The van der Waals surface area contributed by atoms with Gasteiger partial charge in [-0.2, -0.15) is 17.6 Å². The van der Waals surface area contributed by atoms with Gasteiger partial charge in [-0.3, -0.25) is 0 Å². The van der Waals surface area contributed by atoms with Crippen LogP contribution in [0.4, 0.5) is 17.6 Å². The summed E-state index contributed by atoms with van der Waals surface area (Å²) in [5.41, 5.74) is 0. The Bertz CT molecular complexity index is 479. The third kappa shape index (κ3) is 12.2. The summed E-state index contributed by atoms with van der Waals surface area (Å²) in [5.74, 6) is -10.9. The summed E-state index contributed by atoms with van der Waals surface area (Å²) in [6, 6.07) is 0. The van der Waals surface area contributed by atoms with Gasteiger partial charge in [0.05, 0.1) is 6.61 Å². The van der Waals surface area contributed by atoms with Gasteiger partial charge in [0, 0.05) is 13.8 Å². The number of hydrogen-bond acceptors (Lipinski definition) is 6. The summed E-state index contributed by atoms with van der Waals surface area (Å²) < 4.78 is 62.1. The molecule has 0 unspecified atom stereocenters. The van der Waals surface area contributed by atoms with Crippen LogP contribution in [-0.2, 0) is 28.6 Å². The number of carbonyl (C=O) groups excluding carboxylic acids is 3. The molecule has 0 N–H and O–H groups in total. The molecule has 0 aromatic rings. The Morgan fingerprint density at radius 2 is 1.41 bits per heavy atom. The van der Waals surface area contributed by atoms with E-state index >= 15 is 0 Å². The molecular weight excluding hydrogens is 376 g/mol. The lowest BCUT2D eigenvalue weighted by Crippen LogP contribution is -2.30. The van der Waals surface area contributed by atoms with Crippen LogP contribution in [0.5, 0.6) is 0 Å². The fraction of sp³-hybridized carbons (Fsp3) is 0.824. The minimum Gasteiger partial charge on any atom is -0.461 e. The Kier molecular flexibility index (Phi) is 10.9. The second kappa shape index (κ2) is 11.8. The topological polar surface area (TPSA) is 78.9 Å². The molecule has 0 heterocycles. The number of hydrogen-bond donors (Lipinski definition) is 0. The Morgan fingerprint density at radius 3 is 1.85 bits per heavy atom. The molecule has 0 amide bonds. The average Bonchev–Trinajstić information content (AvgIpc) is 3.04. The molecule has 0 aliphatic heterocycles. The number of esters is 3. The predicted molar refractivity (Wildman–Crippen MR) is 86.4 cm³/mol. The summed E-state index contributed by atoms with van der Waals surface area (Å²) in [7, 11) is 0. The lowest BCUT2D eigenvalue weighted by molar-refractivity contribution is -0.176. The molecule has 0 saturated heterocycles. The van der Waals surface area contributed by atoms with E-state index in [-0.39, 0.29) is 12.7 Å². The molecule has 1 saturated carbocycles. The first-order chi connectivity index (χ1) is 12.4. The van der Waals surface area contributed by atoms with E-state index in [1.165, 1.54) is 0 Å². The minimum atomic E-state index is -3.58. The van der Waals surface area contributed by atoms with Gasteiger partial charge >= 0.3 is 29.8 Å². The Hall–Kier alpha value is -1.87. The molecule has 0 aromatic carbocycles. The molecule has 1 rings (SSSR count). The van der Waals surface area contributed by atoms with Crippen molar-refractivity contribution < 1.29 is 46.2 Å². The zero-order chi connectivity index (χ0) is 21.1. The second-order valence-corrected chi connectivity index (χ2v) is 6.24. The summed E-state index contributed by atoms with van der Waals surface area (Å²) in [4.78, 5) is 32.1. The van der Waals surface area contributed by atoms with Crippen molar-refractivity contribution in [3.05, 3.63) is 0 Å². The summed E-state index contributed by atoms with van der Waals surface area (Å²) in [6.07, 6.45) is 4.83. The first kappa shape index (κ1) is 25.1. The smallest absolute Gasteiger partial charge is 0.377 e. The number of carbonyl (C=O) groups is 3. The van der Waals surface area contributed by atoms with Crippen LogP contribution in [0.1, 0.15) is 59.3 Å². The monoisotopic (exact) mass is 402 g/mol. The van der Waals surface area contributed by atoms with E-state index < -0.39 is 36.4 Å². The molecule has 1 aliphatic rings. The number of ether oxygens (including phenoxy) is 3. The van der Waals surface area contributed by atoms with Crippen LogP contribution in [0.3, 0.4) is 0 Å². The van der Waals surface area contributed by atoms with E-state index in [1.807, 2.05) is 6.92 Å². The van der Waals surface area contributed by atoms with Crippen LogP contribution < -0.4 is 0 Å². The van der Waals surface area contributed by atoms with E-state index in [4.69, 9.17) is 4.74 Å². The zero-order valence-electron chi connectivity index (χ0n) is 15.7. The Morgan fingerprint density at radius 1 is 0.926 bits per heavy atom. The summed E-state index contributed by atoms with van der Waals surface area (Å²) in [5, 5.41) is 0. The van der Waals surface area contributed by atoms with Crippen LogP contribution in [0.25, 0.3) is 0 Å². The molecule has 6 nitrogen and oxygen atoms in total. The normalized spacial score (nSPS) is 14.8. The van der Waals surface area contributed by atoms with Crippen LogP contribution in [0.2, 0.25) is 0 Å². The molecule has 1 fully saturated rings. The highest BCUT2D eigenvalue weighted by Crippen LogP contribution is 2.21. The standard InChI is InChI=1S/C10H14F2O4.C7H12F2O2/c1-10(11,12)9(14)15-6-8(13)16-7-4-2-3-5-7;1-3-4-5-11-6(10)7(2,8)9/h7H,2-6H2,1H3;3-5H2,1-2H3. The van der Waals surface area contributed by atoms with Crippen LogP contribution in [-0.4, -0.2) is 49.1 Å². The van der Waals surface area contributed by atoms with E-state index in [2.05, 4.69) is 9.47 Å². The van der Waals surface area contributed by atoms with Crippen LogP contribution in [0.15, 0.2) is 0 Å². The number of halogens is 4. The van der Waals surface area contributed by atoms with Crippen LogP contribution in [0, 0.1) is 0 Å². The zero-order valence-corrected chi connectivity index (χ0v) is 15.7. The average molecular weight is 402 g/mol. The fourth-order valence-corrected chi connectivity index (χ4v) is 1.91. The van der Waals surface area contributed by atoms with Gasteiger partial charge in [-0.15, -0.1) is 0 Å². The number of unbranched alkanes of at least 4 members (excludes halogenated alkanes) is 1. The van der Waals surface area contributed by atoms with Crippen molar-refractivity contribution in [3.8, 4) is 0 Å². The lowest BCUT2D eigenvalue weighted by Gasteiger charge is -2.12. The summed E-state index contributed by atoms with van der Waals surface area (Å²) in [6.45, 7) is 2.16. The van der Waals surface area contributed by atoms with Gasteiger partial charge in [0.25, 0.3) is 0 Å². The van der Waals surface area contributed by atoms with Crippen molar-refractivity contribution in [3.63, 3.8) is 0 Å². The van der Waals surface area contributed by atoms with Gasteiger partial charge in [-0.05, 0) is 32.1 Å². The molecule has 1 aliphatic carbocycles. The van der Waals surface area contributed by atoms with E-state index in [1.54, 1.807) is 0 Å². The molecule has 0 radical (unpaired) electrons. The van der Waals surface area contributed by atoms with Gasteiger partial charge in [-0.25, -0.2) is 14.4 Å². The van der Waals surface area contributed by atoms with Crippen molar-refractivity contribution in [2.45, 2.75) is 77.2 Å². The van der Waals surface area contributed by atoms with Gasteiger partial charge in [0.1, 0.15) is 6.10 Å². The molecule has 0 aromatic heterocycles. The van der Waals surface area contributed by atoms with Crippen molar-refractivity contribution in [1.82, 2.24) is 0 Å². The minimum absolute atomic E-state index is 0.0821. The van der Waals surface area contributed by atoms with Crippen molar-refractivity contribution in [2.75, 3.05) is 13.2 Å². The largest absolute Gasteiger partial charge is 0.461 e. The third-order valence-corrected chi connectivity index (χ3v) is 3.37. The Labute approximate surface area is 155 Å². The SMILES string of the molecule is CC(F)(F)C(=O)OCC(=O)OC1CCCC1.CCCCOC(=O)C(C)(F)F. The molecular formula is C17H26F4O6. The first-order valence-electron chi connectivity index (χ1n) is 8.67. The van der Waals surface area contributed by atoms with Crippen molar-refractivity contribution >= 4 is 17.9 Å². The Balaban J connectivity index is 0.000000541. The van der Waals surface area contributed by atoms with Crippen molar-refractivity contribution in [2.24, 2.45) is 0 Å². The van der Waals surface area contributed by atoms with E-state index in [9.17, 15) is 31.9 Å². The highest BCUT2D eigenvalue weighted by Gasteiger charge is 2.35.